The number of hydrogen-bond acceptors (Lipinski definition) is 2. The number of aliphatic hydroxyl groups excluding tert-OH is 1. The van der Waals surface area contributed by atoms with Gasteiger partial charge in [-0.25, -0.2) is 0 Å². The number of halogens is 1. The predicted molar refractivity (Wildman–Crippen MR) is 69.6 cm³/mol. The zero-order chi connectivity index (χ0) is 12.3. The van der Waals surface area contributed by atoms with E-state index in [2.05, 4.69) is 21.2 Å². The van der Waals surface area contributed by atoms with Crippen molar-refractivity contribution in [2.45, 2.75) is 25.4 Å². The molecule has 1 amide bonds. The highest BCUT2D eigenvalue weighted by atomic mass is 79.9. The lowest BCUT2D eigenvalue weighted by atomic mass is 10.1. The maximum atomic E-state index is 11.6. The number of carbonyl (C=O) groups is 1. The quantitative estimate of drug-likeness (QED) is 0.872. The molecule has 3 nitrogen and oxygen atoms in total. The van der Waals surface area contributed by atoms with Gasteiger partial charge in [0.15, 0.2) is 0 Å². The molecule has 0 radical (unpaired) electrons. The average molecular weight is 298 g/mol. The summed E-state index contributed by atoms with van der Waals surface area (Å²) in [6, 6.07) is 7.67. The summed E-state index contributed by atoms with van der Waals surface area (Å²) in [6.45, 7) is 0.375. The predicted octanol–water partition coefficient (Wildman–Crippen LogP) is 1.88. The van der Waals surface area contributed by atoms with Gasteiger partial charge >= 0.3 is 0 Å². The number of aliphatic hydroxyl groups is 1. The third kappa shape index (κ3) is 4.13. The van der Waals surface area contributed by atoms with Crippen LogP contribution in [0.2, 0.25) is 0 Å². The van der Waals surface area contributed by atoms with E-state index in [-0.39, 0.29) is 12.0 Å². The van der Waals surface area contributed by atoms with Crippen LogP contribution in [0.25, 0.3) is 0 Å². The lowest BCUT2D eigenvalue weighted by Crippen LogP contribution is -2.34. The molecule has 1 aliphatic rings. The van der Waals surface area contributed by atoms with Gasteiger partial charge in [-0.1, -0.05) is 28.1 Å². The van der Waals surface area contributed by atoms with Gasteiger partial charge in [0.1, 0.15) is 0 Å². The van der Waals surface area contributed by atoms with E-state index in [1.54, 1.807) is 0 Å². The van der Waals surface area contributed by atoms with Crippen molar-refractivity contribution >= 4 is 21.8 Å². The van der Waals surface area contributed by atoms with E-state index in [0.717, 1.165) is 22.9 Å². The summed E-state index contributed by atoms with van der Waals surface area (Å²) in [5, 5.41) is 12.4. The minimum atomic E-state index is -0.371. The summed E-state index contributed by atoms with van der Waals surface area (Å²) in [5.74, 6) is 0.370. The van der Waals surface area contributed by atoms with E-state index in [4.69, 9.17) is 0 Å². The van der Waals surface area contributed by atoms with Crippen molar-refractivity contribution in [3.8, 4) is 0 Å². The number of nitrogens with one attached hydrogen (secondary N) is 1. The number of benzene rings is 1. The minimum Gasteiger partial charge on any atom is -0.391 e. The fraction of sp³-hybridized carbons (Fsp3) is 0.462. The molecule has 1 saturated carbocycles. The molecule has 1 aliphatic carbocycles. The first-order chi connectivity index (χ1) is 8.15. The SMILES string of the molecule is O=C(Cc1ccc(Br)cc1)NCC(O)C1CC1. The molecular formula is C13H16BrNO2. The van der Waals surface area contributed by atoms with Gasteiger partial charge in [0.25, 0.3) is 0 Å². The van der Waals surface area contributed by atoms with Crippen LogP contribution in [0.1, 0.15) is 18.4 Å². The molecule has 1 atom stereocenters. The van der Waals surface area contributed by atoms with Crippen LogP contribution in [0.3, 0.4) is 0 Å². The van der Waals surface area contributed by atoms with Crippen LogP contribution in [0, 0.1) is 5.92 Å². The third-order valence-electron chi connectivity index (χ3n) is 2.95. The van der Waals surface area contributed by atoms with Crippen molar-refractivity contribution in [1.29, 1.82) is 0 Å². The molecule has 1 fully saturated rings. The van der Waals surface area contributed by atoms with Gasteiger partial charge < -0.3 is 10.4 Å². The second-order valence-corrected chi connectivity index (χ2v) is 5.43. The van der Waals surface area contributed by atoms with Crippen LogP contribution in [0.4, 0.5) is 0 Å². The van der Waals surface area contributed by atoms with Crippen LogP contribution in [-0.4, -0.2) is 23.7 Å². The Balaban J connectivity index is 1.74. The number of hydrogen-bond donors (Lipinski definition) is 2. The molecule has 0 bridgehead atoms. The lowest BCUT2D eigenvalue weighted by molar-refractivity contribution is -0.120. The van der Waals surface area contributed by atoms with E-state index >= 15 is 0 Å². The highest BCUT2D eigenvalue weighted by Crippen LogP contribution is 2.32. The Morgan fingerprint density at radius 2 is 2.06 bits per heavy atom. The first-order valence-electron chi connectivity index (χ1n) is 5.84. The van der Waals surface area contributed by atoms with Gasteiger partial charge in [0.2, 0.25) is 5.91 Å². The smallest absolute Gasteiger partial charge is 0.224 e. The maximum Gasteiger partial charge on any atom is 0.224 e. The Morgan fingerprint density at radius 1 is 1.41 bits per heavy atom. The second kappa shape index (κ2) is 5.65. The largest absolute Gasteiger partial charge is 0.391 e. The average Bonchev–Trinajstić information content (AvgIpc) is 3.13. The monoisotopic (exact) mass is 297 g/mol. The summed E-state index contributed by atoms with van der Waals surface area (Å²) in [6.07, 6.45) is 2.17. The van der Waals surface area contributed by atoms with Crippen molar-refractivity contribution in [2.24, 2.45) is 5.92 Å². The number of amides is 1. The molecule has 1 aromatic rings. The van der Waals surface area contributed by atoms with Crippen LogP contribution in [-0.2, 0) is 11.2 Å². The molecular weight excluding hydrogens is 282 g/mol. The summed E-state index contributed by atoms with van der Waals surface area (Å²) >= 11 is 3.35. The molecule has 1 unspecified atom stereocenters. The van der Waals surface area contributed by atoms with E-state index in [1.807, 2.05) is 24.3 Å². The Labute approximate surface area is 109 Å². The second-order valence-electron chi connectivity index (χ2n) is 4.51. The zero-order valence-electron chi connectivity index (χ0n) is 9.53. The number of carbonyl (C=O) groups excluding carboxylic acids is 1. The molecule has 4 heteroatoms. The molecule has 0 spiro atoms. The highest BCUT2D eigenvalue weighted by Gasteiger charge is 2.29. The van der Waals surface area contributed by atoms with Gasteiger partial charge in [-0.2, -0.15) is 0 Å². The van der Waals surface area contributed by atoms with Gasteiger partial charge in [0.05, 0.1) is 12.5 Å². The van der Waals surface area contributed by atoms with Crippen LogP contribution >= 0.6 is 15.9 Å². The highest BCUT2D eigenvalue weighted by molar-refractivity contribution is 9.10. The number of rotatable bonds is 5. The van der Waals surface area contributed by atoms with E-state index in [1.165, 1.54) is 0 Å². The van der Waals surface area contributed by atoms with Crippen molar-refractivity contribution in [3.63, 3.8) is 0 Å². The standard InChI is InChI=1S/C13H16BrNO2/c14-11-5-1-9(2-6-11)7-13(17)15-8-12(16)10-3-4-10/h1-2,5-6,10,12,16H,3-4,7-8H2,(H,15,17). The van der Waals surface area contributed by atoms with Crippen LogP contribution in [0.15, 0.2) is 28.7 Å². The van der Waals surface area contributed by atoms with Gasteiger partial charge in [-0.3, -0.25) is 4.79 Å². The first kappa shape index (κ1) is 12.6. The first-order valence-corrected chi connectivity index (χ1v) is 6.63. The van der Waals surface area contributed by atoms with Gasteiger partial charge in [-0.05, 0) is 36.5 Å². The Kier molecular flexibility index (Phi) is 4.18. The van der Waals surface area contributed by atoms with Crippen molar-refractivity contribution in [3.05, 3.63) is 34.3 Å². The zero-order valence-corrected chi connectivity index (χ0v) is 11.1. The van der Waals surface area contributed by atoms with Crippen molar-refractivity contribution in [2.75, 3.05) is 6.54 Å². The molecule has 0 heterocycles. The molecule has 0 aliphatic heterocycles. The van der Waals surface area contributed by atoms with E-state index in [9.17, 15) is 9.90 Å². The molecule has 2 rings (SSSR count). The van der Waals surface area contributed by atoms with Crippen LogP contribution in [0.5, 0.6) is 0 Å². The Hall–Kier alpha value is -0.870. The Bertz CT molecular complexity index is 387. The van der Waals surface area contributed by atoms with E-state index in [0.29, 0.717) is 18.9 Å². The fourth-order valence-corrected chi connectivity index (χ4v) is 1.98. The normalized spacial score (nSPS) is 16.6. The lowest BCUT2D eigenvalue weighted by Gasteiger charge is -2.10. The molecule has 1 aromatic carbocycles. The summed E-state index contributed by atoms with van der Waals surface area (Å²) in [5.41, 5.74) is 0.978. The molecule has 2 N–H and O–H groups in total. The van der Waals surface area contributed by atoms with Gasteiger partial charge in [0, 0.05) is 11.0 Å². The molecule has 0 saturated heterocycles. The summed E-state index contributed by atoms with van der Waals surface area (Å²) in [7, 11) is 0. The minimum absolute atomic E-state index is 0.0352. The van der Waals surface area contributed by atoms with Gasteiger partial charge in [-0.15, -0.1) is 0 Å². The molecule has 92 valence electrons. The van der Waals surface area contributed by atoms with E-state index < -0.39 is 0 Å². The Morgan fingerprint density at radius 3 is 2.65 bits per heavy atom. The summed E-state index contributed by atoms with van der Waals surface area (Å²) < 4.78 is 1.01. The fourth-order valence-electron chi connectivity index (χ4n) is 1.72. The van der Waals surface area contributed by atoms with Crippen LogP contribution < -0.4 is 5.32 Å². The summed E-state index contributed by atoms with van der Waals surface area (Å²) in [4.78, 5) is 11.6. The maximum absolute atomic E-state index is 11.6. The molecule has 17 heavy (non-hydrogen) atoms. The van der Waals surface area contributed by atoms with Crippen molar-refractivity contribution < 1.29 is 9.90 Å². The van der Waals surface area contributed by atoms with Crippen molar-refractivity contribution in [1.82, 2.24) is 5.32 Å². The third-order valence-corrected chi connectivity index (χ3v) is 3.48. The topological polar surface area (TPSA) is 49.3 Å². The molecule has 0 aromatic heterocycles.